The first-order valence-corrected chi connectivity index (χ1v) is 8.06. The minimum Gasteiger partial charge on any atom is -0.377 e. The van der Waals surface area contributed by atoms with Crippen LogP contribution in [0.1, 0.15) is 34.5 Å². The van der Waals surface area contributed by atoms with Gasteiger partial charge in [0, 0.05) is 36.5 Å². The molecular weight excluding hydrogens is 328 g/mol. The molecule has 6 heteroatoms. The van der Waals surface area contributed by atoms with Crippen LogP contribution in [0.15, 0.2) is 35.0 Å². The molecule has 3 rings (SSSR count). The number of amides is 1. The highest BCUT2D eigenvalue weighted by Crippen LogP contribution is 2.23. The number of hydrogen-bond acceptors (Lipinski definition) is 4. The molecule has 0 radical (unpaired) electrons. The summed E-state index contributed by atoms with van der Waals surface area (Å²) >= 11 is 5.93. The van der Waals surface area contributed by atoms with Gasteiger partial charge in [-0.05, 0) is 25.1 Å². The molecule has 0 bridgehead atoms. The fraction of sp³-hybridized carbons (Fsp3) is 0.333. The molecule has 1 amide bonds. The second-order valence-corrected chi connectivity index (χ2v) is 6.32. The molecule has 0 aliphatic carbocycles. The van der Waals surface area contributed by atoms with Crippen LogP contribution >= 0.6 is 11.6 Å². The lowest BCUT2D eigenvalue weighted by atomic mass is 9.91. The van der Waals surface area contributed by atoms with Crippen LogP contribution in [0.5, 0.6) is 0 Å². The van der Waals surface area contributed by atoms with Crippen LogP contribution in [0.25, 0.3) is 0 Å². The first-order chi connectivity index (χ1) is 11.5. The molecule has 1 aliphatic heterocycles. The van der Waals surface area contributed by atoms with Crippen molar-refractivity contribution in [3.05, 3.63) is 52.4 Å². The van der Waals surface area contributed by atoms with Crippen molar-refractivity contribution < 1.29 is 14.4 Å². The summed E-state index contributed by atoms with van der Waals surface area (Å²) in [5, 5.41) is 14.9. The number of aromatic nitrogens is 1. The highest BCUT2D eigenvalue weighted by Gasteiger charge is 2.33. The Hall–Kier alpha value is -2.29. The van der Waals surface area contributed by atoms with Gasteiger partial charge in [0.2, 0.25) is 0 Å². The third-order valence-electron chi connectivity index (χ3n) is 4.12. The Bertz CT molecular complexity index is 811. The van der Waals surface area contributed by atoms with Gasteiger partial charge in [-0.15, -0.1) is 0 Å². The van der Waals surface area contributed by atoms with E-state index in [0.717, 1.165) is 5.56 Å². The average molecular weight is 345 g/mol. The standard InChI is InChI=1S/C18H17ClN2O3/c1-13-16(12-20-24-13)17(22)21-9-7-18(23,8-10-21)6-5-14-3-2-4-15(19)11-14/h2-4,11-12,23H,7-10H2,1H3. The van der Waals surface area contributed by atoms with E-state index in [4.69, 9.17) is 16.1 Å². The van der Waals surface area contributed by atoms with Gasteiger partial charge in [0.05, 0.1) is 6.20 Å². The lowest BCUT2D eigenvalue weighted by molar-refractivity contribution is 0.0248. The lowest BCUT2D eigenvalue weighted by Crippen LogP contribution is -2.46. The average Bonchev–Trinajstić information content (AvgIpc) is 2.99. The number of nitrogens with zero attached hydrogens (tertiary/aromatic N) is 2. The highest BCUT2D eigenvalue weighted by molar-refractivity contribution is 6.30. The van der Waals surface area contributed by atoms with E-state index in [1.165, 1.54) is 6.20 Å². The SMILES string of the molecule is Cc1oncc1C(=O)N1CCC(O)(C#Cc2cccc(Cl)c2)CC1. The van der Waals surface area contributed by atoms with Gasteiger partial charge < -0.3 is 14.5 Å². The minimum absolute atomic E-state index is 0.126. The van der Waals surface area contributed by atoms with Crippen molar-refractivity contribution in [3.63, 3.8) is 0 Å². The van der Waals surface area contributed by atoms with Crippen molar-refractivity contribution in [2.45, 2.75) is 25.4 Å². The molecule has 2 heterocycles. The summed E-state index contributed by atoms with van der Waals surface area (Å²) in [4.78, 5) is 14.1. The van der Waals surface area contributed by atoms with E-state index in [1.54, 1.807) is 24.0 Å². The van der Waals surface area contributed by atoms with Crippen molar-refractivity contribution >= 4 is 17.5 Å². The molecule has 1 N–H and O–H groups in total. The topological polar surface area (TPSA) is 66.6 Å². The number of aryl methyl sites for hydroxylation is 1. The maximum Gasteiger partial charge on any atom is 0.259 e. The molecule has 0 unspecified atom stereocenters. The molecule has 24 heavy (non-hydrogen) atoms. The fourth-order valence-corrected chi connectivity index (χ4v) is 2.82. The zero-order chi connectivity index (χ0) is 17.2. The Morgan fingerprint density at radius 1 is 1.42 bits per heavy atom. The zero-order valence-electron chi connectivity index (χ0n) is 13.3. The van der Waals surface area contributed by atoms with Crippen LogP contribution in [0.3, 0.4) is 0 Å². The summed E-state index contributed by atoms with van der Waals surface area (Å²) in [6.45, 7) is 2.57. The van der Waals surface area contributed by atoms with Gasteiger partial charge in [0.25, 0.3) is 5.91 Å². The third kappa shape index (κ3) is 3.61. The molecule has 124 valence electrons. The van der Waals surface area contributed by atoms with E-state index >= 15 is 0 Å². The van der Waals surface area contributed by atoms with Crippen molar-refractivity contribution in [2.24, 2.45) is 0 Å². The quantitative estimate of drug-likeness (QED) is 0.808. The lowest BCUT2D eigenvalue weighted by Gasteiger charge is -2.34. The number of hydrogen-bond donors (Lipinski definition) is 1. The summed E-state index contributed by atoms with van der Waals surface area (Å²) < 4.78 is 4.93. The molecule has 0 saturated carbocycles. The number of carbonyl (C=O) groups excluding carboxylic acids is 1. The summed E-state index contributed by atoms with van der Waals surface area (Å²) in [5.41, 5.74) is 0.128. The molecule has 1 fully saturated rings. The monoisotopic (exact) mass is 344 g/mol. The Morgan fingerprint density at radius 3 is 2.79 bits per heavy atom. The van der Waals surface area contributed by atoms with Crippen molar-refractivity contribution in [2.75, 3.05) is 13.1 Å². The van der Waals surface area contributed by atoms with Crippen LogP contribution in [-0.4, -0.2) is 39.8 Å². The first kappa shape index (κ1) is 16.6. The second-order valence-electron chi connectivity index (χ2n) is 5.88. The Morgan fingerprint density at radius 2 is 2.17 bits per heavy atom. The van der Waals surface area contributed by atoms with Crippen LogP contribution in [0.2, 0.25) is 5.02 Å². The number of halogens is 1. The van der Waals surface area contributed by atoms with Crippen LogP contribution in [0, 0.1) is 18.8 Å². The van der Waals surface area contributed by atoms with Crippen LogP contribution in [-0.2, 0) is 0 Å². The van der Waals surface area contributed by atoms with Gasteiger partial charge in [-0.3, -0.25) is 4.79 Å². The maximum absolute atomic E-state index is 12.4. The number of benzene rings is 1. The largest absolute Gasteiger partial charge is 0.377 e. The molecule has 1 aromatic heterocycles. The van der Waals surface area contributed by atoms with Crippen molar-refractivity contribution in [3.8, 4) is 11.8 Å². The van der Waals surface area contributed by atoms with E-state index in [0.29, 0.717) is 42.3 Å². The van der Waals surface area contributed by atoms with Crippen LogP contribution < -0.4 is 0 Å². The molecule has 1 aliphatic rings. The smallest absolute Gasteiger partial charge is 0.259 e. The molecule has 0 atom stereocenters. The molecule has 0 spiro atoms. The Balaban J connectivity index is 1.66. The van der Waals surface area contributed by atoms with E-state index in [-0.39, 0.29) is 5.91 Å². The first-order valence-electron chi connectivity index (χ1n) is 7.68. The number of likely N-dealkylation sites (tertiary alicyclic amines) is 1. The van der Waals surface area contributed by atoms with Gasteiger partial charge in [0.1, 0.15) is 16.9 Å². The van der Waals surface area contributed by atoms with Gasteiger partial charge in [-0.2, -0.15) is 0 Å². The van der Waals surface area contributed by atoms with Crippen LogP contribution in [0.4, 0.5) is 0 Å². The van der Waals surface area contributed by atoms with Gasteiger partial charge in [-0.25, -0.2) is 0 Å². The van der Waals surface area contributed by atoms with E-state index in [2.05, 4.69) is 17.0 Å². The van der Waals surface area contributed by atoms with Crippen molar-refractivity contribution in [1.82, 2.24) is 10.1 Å². The predicted octanol–water partition coefficient (Wildman–Crippen LogP) is 2.66. The maximum atomic E-state index is 12.4. The van der Waals surface area contributed by atoms with Gasteiger partial charge in [0.15, 0.2) is 0 Å². The summed E-state index contributed by atoms with van der Waals surface area (Å²) in [6.07, 6.45) is 2.23. The molecule has 1 saturated heterocycles. The van der Waals surface area contributed by atoms with E-state index < -0.39 is 5.60 Å². The summed E-state index contributed by atoms with van der Waals surface area (Å²) in [7, 11) is 0. The molecule has 5 nitrogen and oxygen atoms in total. The number of piperidine rings is 1. The zero-order valence-corrected chi connectivity index (χ0v) is 14.0. The number of carbonyl (C=O) groups is 1. The van der Waals surface area contributed by atoms with E-state index in [9.17, 15) is 9.90 Å². The highest BCUT2D eigenvalue weighted by atomic mass is 35.5. The normalized spacial score (nSPS) is 16.4. The van der Waals surface area contributed by atoms with E-state index in [1.807, 2.05) is 12.1 Å². The number of rotatable bonds is 1. The second kappa shape index (κ2) is 6.68. The van der Waals surface area contributed by atoms with Gasteiger partial charge >= 0.3 is 0 Å². The third-order valence-corrected chi connectivity index (χ3v) is 4.36. The Labute approximate surface area is 145 Å². The van der Waals surface area contributed by atoms with Gasteiger partial charge in [-0.1, -0.05) is 34.7 Å². The predicted molar refractivity (Wildman–Crippen MR) is 89.7 cm³/mol. The molecule has 1 aromatic carbocycles. The summed E-state index contributed by atoms with van der Waals surface area (Å²) in [5.74, 6) is 6.26. The van der Waals surface area contributed by atoms with Crippen molar-refractivity contribution in [1.29, 1.82) is 0 Å². The summed E-state index contributed by atoms with van der Waals surface area (Å²) in [6, 6.07) is 7.19. The fourth-order valence-electron chi connectivity index (χ4n) is 2.63. The molecular formula is C18H17ClN2O3. The minimum atomic E-state index is -1.09. The molecule has 2 aromatic rings. The number of aliphatic hydroxyl groups is 1. The Kier molecular flexibility index (Phi) is 4.61.